The largest absolute Gasteiger partial charge is 0.335 e. The van der Waals surface area contributed by atoms with Crippen molar-refractivity contribution in [2.24, 2.45) is 0 Å². The molecule has 2 N–H and O–H groups in total. The summed E-state index contributed by atoms with van der Waals surface area (Å²) in [6.45, 7) is 2.99. The third-order valence-corrected chi connectivity index (χ3v) is 5.20. The first-order chi connectivity index (χ1) is 13.8. The van der Waals surface area contributed by atoms with Gasteiger partial charge in [0.15, 0.2) is 0 Å². The number of anilines is 1. The van der Waals surface area contributed by atoms with E-state index in [1.54, 1.807) is 0 Å². The van der Waals surface area contributed by atoms with E-state index in [0.29, 0.717) is 0 Å². The second kappa shape index (κ2) is 8.76. The Kier molecular flexibility index (Phi) is 5.73. The molecule has 28 heavy (non-hydrogen) atoms. The van der Waals surface area contributed by atoms with Gasteiger partial charge in [-0.05, 0) is 54.8 Å². The van der Waals surface area contributed by atoms with Crippen molar-refractivity contribution in [2.45, 2.75) is 25.4 Å². The van der Waals surface area contributed by atoms with Crippen molar-refractivity contribution < 1.29 is 4.79 Å². The molecule has 0 bridgehead atoms. The molecular formula is C23H26N4O. The van der Waals surface area contributed by atoms with Crippen molar-refractivity contribution in [3.05, 3.63) is 84.7 Å². The molecule has 1 saturated heterocycles. The summed E-state index contributed by atoms with van der Waals surface area (Å²) in [5.74, 6) is 0. The number of carbonyl (C=O) groups is 1. The van der Waals surface area contributed by atoms with Gasteiger partial charge < -0.3 is 15.2 Å². The Hall–Kier alpha value is -3.05. The number of urea groups is 1. The van der Waals surface area contributed by atoms with Crippen molar-refractivity contribution >= 4 is 11.7 Å². The fourth-order valence-corrected chi connectivity index (χ4v) is 3.65. The molecule has 5 nitrogen and oxygen atoms in total. The van der Waals surface area contributed by atoms with Crippen LogP contribution in [0.2, 0.25) is 0 Å². The monoisotopic (exact) mass is 374 g/mol. The fraction of sp³-hybridized carbons (Fsp3) is 0.261. The molecule has 2 heterocycles. The number of amides is 2. The number of aromatic nitrogens is 1. The van der Waals surface area contributed by atoms with Crippen LogP contribution in [-0.4, -0.2) is 34.6 Å². The van der Waals surface area contributed by atoms with E-state index < -0.39 is 0 Å². The van der Waals surface area contributed by atoms with Crippen LogP contribution in [0.4, 0.5) is 10.5 Å². The summed E-state index contributed by atoms with van der Waals surface area (Å²) >= 11 is 0. The van der Waals surface area contributed by atoms with E-state index in [2.05, 4.69) is 39.8 Å². The number of piperidine rings is 1. The molecule has 0 spiro atoms. The molecule has 1 aliphatic rings. The van der Waals surface area contributed by atoms with Crippen molar-refractivity contribution in [3.63, 3.8) is 0 Å². The van der Waals surface area contributed by atoms with E-state index in [1.807, 2.05) is 59.4 Å². The molecule has 0 atom stereocenters. The van der Waals surface area contributed by atoms with E-state index in [0.717, 1.165) is 43.9 Å². The summed E-state index contributed by atoms with van der Waals surface area (Å²) in [5.41, 5.74) is 3.21. The normalized spacial score (nSPS) is 15.3. The number of carbonyl (C=O) groups excluding carboxylic acids is 1. The second-order valence-corrected chi connectivity index (χ2v) is 7.27. The fourth-order valence-electron chi connectivity index (χ4n) is 3.65. The number of benzene rings is 2. The van der Waals surface area contributed by atoms with E-state index in [4.69, 9.17) is 0 Å². The Bertz CT molecular complexity index is 867. The van der Waals surface area contributed by atoms with Gasteiger partial charge in [0, 0.05) is 49.4 Å². The first-order valence-corrected chi connectivity index (χ1v) is 9.83. The highest BCUT2D eigenvalue weighted by molar-refractivity contribution is 5.89. The van der Waals surface area contributed by atoms with Crippen molar-refractivity contribution in [1.82, 2.24) is 14.8 Å². The summed E-state index contributed by atoms with van der Waals surface area (Å²) in [6.07, 6.45) is 5.96. The third kappa shape index (κ3) is 4.81. The molecule has 4 rings (SSSR count). The van der Waals surface area contributed by atoms with Gasteiger partial charge in [-0.3, -0.25) is 4.90 Å². The molecule has 1 aliphatic heterocycles. The van der Waals surface area contributed by atoms with Crippen LogP contribution in [0.3, 0.4) is 0 Å². The van der Waals surface area contributed by atoms with Gasteiger partial charge in [-0.15, -0.1) is 0 Å². The Morgan fingerprint density at radius 3 is 2.25 bits per heavy atom. The van der Waals surface area contributed by atoms with Crippen LogP contribution in [0.15, 0.2) is 79.1 Å². The molecule has 1 aromatic heterocycles. The van der Waals surface area contributed by atoms with E-state index >= 15 is 0 Å². The smallest absolute Gasteiger partial charge is 0.319 e. The van der Waals surface area contributed by atoms with Crippen molar-refractivity contribution in [3.8, 4) is 5.69 Å². The highest BCUT2D eigenvalue weighted by atomic mass is 16.2. The van der Waals surface area contributed by atoms with Crippen molar-refractivity contribution in [2.75, 3.05) is 18.4 Å². The summed E-state index contributed by atoms with van der Waals surface area (Å²) in [7, 11) is 0. The van der Waals surface area contributed by atoms with Gasteiger partial charge in [-0.2, -0.15) is 0 Å². The van der Waals surface area contributed by atoms with E-state index in [-0.39, 0.29) is 12.1 Å². The lowest BCUT2D eigenvalue weighted by atomic mass is 10.0. The molecule has 0 radical (unpaired) electrons. The highest BCUT2D eigenvalue weighted by Crippen LogP contribution is 2.16. The van der Waals surface area contributed by atoms with Crippen LogP contribution in [-0.2, 0) is 6.54 Å². The molecule has 2 aromatic carbocycles. The second-order valence-electron chi connectivity index (χ2n) is 7.27. The van der Waals surface area contributed by atoms with Crippen LogP contribution in [0.1, 0.15) is 18.4 Å². The van der Waals surface area contributed by atoms with E-state index in [1.165, 1.54) is 5.56 Å². The number of hydrogen-bond donors (Lipinski definition) is 2. The predicted molar refractivity (Wildman–Crippen MR) is 113 cm³/mol. The molecule has 5 heteroatoms. The van der Waals surface area contributed by atoms with Gasteiger partial charge in [-0.25, -0.2) is 4.79 Å². The van der Waals surface area contributed by atoms with E-state index in [9.17, 15) is 4.79 Å². The standard InChI is InChI=1S/C23H26N4O/c28-23(24-20-8-10-22(11-9-20)27-14-4-5-15-27)25-21-12-16-26(17-13-21)18-19-6-2-1-3-7-19/h1-11,14-15,21H,12-13,16-18H2,(H2,24,25,28). The predicted octanol–water partition coefficient (Wildman–Crippen LogP) is 4.26. The lowest BCUT2D eigenvalue weighted by molar-refractivity contribution is 0.190. The minimum absolute atomic E-state index is 0.129. The van der Waals surface area contributed by atoms with Gasteiger partial charge >= 0.3 is 6.03 Å². The van der Waals surface area contributed by atoms with Gasteiger partial charge in [0.2, 0.25) is 0 Å². The molecule has 0 unspecified atom stereocenters. The van der Waals surface area contributed by atoms with Gasteiger partial charge in [0.1, 0.15) is 0 Å². The van der Waals surface area contributed by atoms with Crippen molar-refractivity contribution in [1.29, 1.82) is 0 Å². The maximum Gasteiger partial charge on any atom is 0.319 e. The number of nitrogens with one attached hydrogen (secondary N) is 2. The summed E-state index contributed by atoms with van der Waals surface area (Å²) < 4.78 is 2.03. The zero-order valence-electron chi connectivity index (χ0n) is 15.9. The van der Waals surface area contributed by atoms with Crippen LogP contribution < -0.4 is 10.6 Å². The number of rotatable bonds is 5. The zero-order valence-corrected chi connectivity index (χ0v) is 15.9. The van der Waals surface area contributed by atoms with Crippen LogP contribution in [0.25, 0.3) is 5.69 Å². The average molecular weight is 374 g/mol. The van der Waals surface area contributed by atoms with Crippen LogP contribution in [0, 0.1) is 0 Å². The molecule has 0 aliphatic carbocycles. The topological polar surface area (TPSA) is 49.3 Å². The average Bonchev–Trinajstić information content (AvgIpc) is 3.26. The van der Waals surface area contributed by atoms with Gasteiger partial charge in [-0.1, -0.05) is 30.3 Å². The Morgan fingerprint density at radius 1 is 0.893 bits per heavy atom. The molecule has 144 valence electrons. The molecule has 0 saturated carbocycles. The molecule has 1 fully saturated rings. The summed E-state index contributed by atoms with van der Waals surface area (Å²) in [4.78, 5) is 14.8. The number of hydrogen-bond acceptors (Lipinski definition) is 2. The number of likely N-dealkylation sites (tertiary alicyclic amines) is 1. The maximum absolute atomic E-state index is 12.3. The van der Waals surface area contributed by atoms with Crippen LogP contribution in [0.5, 0.6) is 0 Å². The molecule has 3 aromatic rings. The Balaban J connectivity index is 1.22. The first-order valence-electron chi connectivity index (χ1n) is 9.83. The maximum atomic E-state index is 12.3. The quantitative estimate of drug-likeness (QED) is 0.701. The molecular weight excluding hydrogens is 348 g/mol. The SMILES string of the molecule is O=C(Nc1ccc(-n2cccc2)cc1)NC1CCN(Cc2ccccc2)CC1. The molecule has 2 amide bonds. The lowest BCUT2D eigenvalue weighted by Gasteiger charge is -2.32. The van der Waals surface area contributed by atoms with Crippen LogP contribution >= 0.6 is 0 Å². The Labute approximate surface area is 166 Å². The lowest BCUT2D eigenvalue weighted by Crippen LogP contribution is -2.45. The Morgan fingerprint density at radius 2 is 1.57 bits per heavy atom. The van der Waals surface area contributed by atoms with Gasteiger partial charge in [0.25, 0.3) is 0 Å². The minimum atomic E-state index is -0.129. The number of nitrogens with zero attached hydrogens (tertiary/aromatic N) is 2. The summed E-state index contributed by atoms with van der Waals surface area (Å²) in [6, 6.07) is 22.5. The van der Waals surface area contributed by atoms with Gasteiger partial charge in [0.05, 0.1) is 0 Å². The first kappa shape index (κ1) is 18.3. The summed E-state index contributed by atoms with van der Waals surface area (Å²) in [5, 5.41) is 6.05. The highest BCUT2D eigenvalue weighted by Gasteiger charge is 2.20. The third-order valence-electron chi connectivity index (χ3n) is 5.20. The zero-order chi connectivity index (χ0) is 19.2. The minimum Gasteiger partial charge on any atom is -0.335 e.